The molecule has 5 nitrogen and oxygen atoms in total. The van der Waals surface area contributed by atoms with Crippen molar-refractivity contribution in [3.63, 3.8) is 0 Å². The maximum atomic E-state index is 14.3. The van der Waals surface area contributed by atoms with E-state index in [1.807, 2.05) is 79.0 Å². The van der Waals surface area contributed by atoms with Crippen molar-refractivity contribution in [1.29, 1.82) is 0 Å². The van der Waals surface area contributed by atoms with E-state index in [2.05, 4.69) is 21.5 Å². The fourth-order valence-corrected chi connectivity index (χ4v) is 5.20. The standard InChI is InChI=1S/C28H23BrClN3O2/c1-28(2,3)31-26(34)25-23-20-11-7-8-12-21(20)33(29)24(23)22(17-9-5-4-6-10-17)27(35)32(25)19-15-13-18(30)14-16-19/h4-16H,1-3H3,(H,31,34). The molecule has 0 saturated heterocycles. The molecule has 7 heteroatoms. The van der Waals surface area contributed by atoms with Crippen LogP contribution < -0.4 is 10.9 Å². The highest BCUT2D eigenvalue weighted by Crippen LogP contribution is 2.38. The van der Waals surface area contributed by atoms with Crippen LogP contribution in [0.15, 0.2) is 83.7 Å². The third kappa shape index (κ3) is 4.07. The quantitative estimate of drug-likeness (QED) is 0.265. The molecule has 1 N–H and O–H groups in total. The summed E-state index contributed by atoms with van der Waals surface area (Å²) in [6, 6.07) is 24.2. The Labute approximate surface area is 216 Å². The molecule has 5 rings (SSSR count). The third-order valence-electron chi connectivity index (χ3n) is 5.78. The van der Waals surface area contributed by atoms with Gasteiger partial charge in [-0.3, -0.25) is 17.7 Å². The number of nitrogens with one attached hydrogen (secondary N) is 1. The Balaban J connectivity index is 2.05. The lowest BCUT2D eigenvalue weighted by atomic mass is 10.0. The van der Waals surface area contributed by atoms with E-state index in [0.717, 1.165) is 16.5 Å². The molecule has 0 saturated carbocycles. The molecule has 0 spiro atoms. The second kappa shape index (κ2) is 8.70. The molecule has 0 bridgehead atoms. The molecule has 0 unspecified atom stereocenters. The molecule has 0 aliphatic carbocycles. The minimum Gasteiger partial charge on any atom is -0.346 e. The molecule has 35 heavy (non-hydrogen) atoms. The second-order valence-corrected chi connectivity index (χ2v) is 10.6. The number of rotatable bonds is 3. The largest absolute Gasteiger partial charge is 0.346 e. The molecule has 5 aromatic rings. The van der Waals surface area contributed by atoms with Crippen LogP contribution in [0.1, 0.15) is 31.3 Å². The van der Waals surface area contributed by atoms with Crippen LogP contribution in [0.2, 0.25) is 5.02 Å². The van der Waals surface area contributed by atoms with Gasteiger partial charge in [0.05, 0.1) is 32.7 Å². The Morgan fingerprint density at radius 2 is 1.54 bits per heavy atom. The summed E-state index contributed by atoms with van der Waals surface area (Å²) >= 11 is 9.85. The lowest BCUT2D eigenvalue weighted by Gasteiger charge is -2.23. The predicted molar refractivity (Wildman–Crippen MR) is 147 cm³/mol. The number of fused-ring (bicyclic) bond motifs is 3. The van der Waals surface area contributed by atoms with Crippen LogP contribution in [-0.4, -0.2) is 19.6 Å². The van der Waals surface area contributed by atoms with Crippen LogP contribution in [0.5, 0.6) is 0 Å². The van der Waals surface area contributed by atoms with Crippen LogP contribution in [0.25, 0.3) is 38.6 Å². The van der Waals surface area contributed by atoms with E-state index in [-0.39, 0.29) is 17.2 Å². The zero-order valence-corrected chi connectivity index (χ0v) is 21.8. The first-order chi connectivity index (χ1) is 16.7. The summed E-state index contributed by atoms with van der Waals surface area (Å²) in [5.74, 6) is -0.335. The Morgan fingerprint density at radius 1 is 0.914 bits per heavy atom. The highest BCUT2D eigenvalue weighted by Gasteiger charge is 2.29. The molecular formula is C28H23BrClN3O2. The van der Waals surface area contributed by atoms with Crippen molar-refractivity contribution in [3.8, 4) is 16.8 Å². The molecule has 2 aromatic heterocycles. The van der Waals surface area contributed by atoms with Gasteiger partial charge in [0, 0.05) is 27.0 Å². The number of amides is 1. The number of carbonyl (C=O) groups is 1. The highest BCUT2D eigenvalue weighted by atomic mass is 79.9. The molecular weight excluding hydrogens is 526 g/mol. The van der Waals surface area contributed by atoms with Gasteiger partial charge in [-0.25, -0.2) is 0 Å². The number of nitrogens with zero attached hydrogens (tertiary/aromatic N) is 2. The molecule has 1 amide bonds. The van der Waals surface area contributed by atoms with E-state index in [4.69, 9.17) is 11.6 Å². The highest BCUT2D eigenvalue weighted by molar-refractivity contribution is 9.08. The third-order valence-corrected chi connectivity index (χ3v) is 6.77. The zero-order valence-electron chi connectivity index (χ0n) is 19.5. The number of pyridine rings is 1. The first-order valence-electron chi connectivity index (χ1n) is 11.2. The molecule has 0 radical (unpaired) electrons. The van der Waals surface area contributed by atoms with Crippen LogP contribution in [-0.2, 0) is 0 Å². The number of para-hydroxylation sites is 1. The summed E-state index contributed by atoms with van der Waals surface area (Å²) < 4.78 is 3.32. The van der Waals surface area contributed by atoms with Crippen molar-refractivity contribution in [2.45, 2.75) is 26.3 Å². The summed E-state index contributed by atoms with van der Waals surface area (Å²) in [4.78, 5) is 28.2. The first-order valence-corrected chi connectivity index (χ1v) is 12.3. The Morgan fingerprint density at radius 3 is 2.20 bits per heavy atom. The molecule has 0 aliphatic heterocycles. The fraction of sp³-hybridized carbons (Fsp3) is 0.143. The summed E-state index contributed by atoms with van der Waals surface area (Å²) in [6.07, 6.45) is 0. The molecule has 0 fully saturated rings. The summed E-state index contributed by atoms with van der Waals surface area (Å²) in [6.45, 7) is 5.75. The van der Waals surface area contributed by atoms with E-state index >= 15 is 0 Å². The molecule has 2 heterocycles. The summed E-state index contributed by atoms with van der Waals surface area (Å²) in [5.41, 5.74) is 2.79. The minimum atomic E-state index is -0.505. The van der Waals surface area contributed by atoms with Gasteiger partial charge in [-0.15, -0.1) is 0 Å². The van der Waals surface area contributed by atoms with Gasteiger partial charge in [0.1, 0.15) is 5.69 Å². The summed E-state index contributed by atoms with van der Waals surface area (Å²) in [7, 11) is 0. The Hall–Kier alpha value is -3.35. The van der Waals surface area contributed by atoms with Crippen LogP contribution in [0, 0.1) is 0 Å². The number of hydrogen-bond donors (Lipinski definition) is 1. The average molecular weight is 549 g/mol. The number of halogens is 2. The van der Waals surface area contributed by atoms with Crippen molar-refractivity contribution in [3.05, 3.63) is 99.9 Å². The van der Waals surface area contributed by atoms with Gasteiger partial charge >= 0.3 is 0 Å². The Bertz CT molecular complexity index is 1650. The van der Waals surface area contributed by atoms with Crippen molar-refractivity contribution in [2.75, 3.05) is 0 Å². The molecule has 0 aliphatic rings. The van der Waals surface area contributed by atoms with E-state index in [0.29, 0.717) is 27.2 Å². The topological polar surface area (TPSA) is 56.0 Å². The normalized spacial score (nSPS) is 11.8. The van der Waals surface area contributed by atoms with Crippen LogP contribution >= 0.6 is 27.7 Å². The maximum absolute atomic E-state index is 14.3. The predicted octanol–water partition coefficient (Wildman–Crippen LogP) is 6.95. The minimum absolute atomic E-state index is 0.274. The zero-order chi connectivity index (χ0) is 24.9. The summed E-state index contributed by atoms with van der Waals surface area (Å²) in [5, 5.41) is 5.15. The van der Waals surface area contributed by atoms with Crippen LogP contribution in [0.3, 0.4) is 0 Å². The molecule has 176 valence electrons. The number of carbonyl (C=O) groups excluding carboxylic acids is 1. The van der Waals surface area contributed by atoms with E-state index in [1.54, 1.807) is 24.3 Å². The van der Waals surface area contributed by atoms with Gasteiger partial charge in [0.15, 0.2) is 0 Å². The molecule has 3 aromatic carbocycles. The average Bonchev–Trinajstić information content (AvgIpc) is 3.11. The van der Waals surface area contributed by atoms with Gasteiger partial charge in [-0.1, -0.05) is 60.1 Å². The maximum Gasteiger partial charge on any atom is 0.269 e. The first kappa shape index (κ1) is 23.4. The van der Waals surface area contributed by atoms with Crippen molar-refractivity contribution >= 4 is 55.5 Å². The van der Waals surface area contributed by atoms with Crippen molar-refractivity contribution in [1.82, 2.24) is 13.5 Å². The second-order valence-electron chi connectivity index (χ2n) is 9.43. The fourth-order valence-electron chi connectivity index (χ4n) is 4.41. The molecule has 0 atom stereocenters. The van der Waals surface area contributed by atoms with Gasteiger partial charge in [0.25, 0.3) is 11.5 Å². The van der Waals surface area contributed by atoms with Crippen LogP contribution in [0.4, 0.5) is 0 Å². The Kier molecular flexibility index (Phi) is 5.82. The number of hydrogen-bond acceptors (Lipinski definition) is 2. The van der Waals surface area contributed by atoms with Gasteiger partial charge < -0.3 is 5.32 Å². The van der Waals surface area contributed by atoms with E-state index in [9.17, 15) is 9.59 Å². The van der Waals surface area contributed by atoms with E-state index < -0.39 is 5.54 Å². The lowest BCUT2D eigenvalue weighted by molar-refractivity contribution is 0.0913. The van der Waals surface area contributed by atoms with Gasteiger partial charge in [-0.05, 0) is 56.7 Å². The van der Waals surface area contributed by atoms with Gasteiger partial charge in [-0.2, -0.15) is 0 Å². The monoisotopic (exact) mass is 547 g/mol. The SMILES string of the molecule is CC(C)(C)NC(=O)c1c2c3ccccc3n(Br)c2c(-c2ccccc2)c(=O)n1-c1ccc(Cl)cc1. The van der Waals surface area contributed by atoms with Crippen molar-refractivity contribution < 1.29 is 4.79 Å². The lowest BCUT2D eigenvalue weighted by Crippen LogP contribution is -2.43. The number of aromatic nitrogens is 2. The van der Waals surface area contributed by atoms with E-state index in [1.165, 1.54) is 4.57 Å². The smallest absolute Gasteiger partial charge is 0.269 e. The van der Waals surface area contributed by atoms with Gasteiger partial charge in [0.2, 0.25) is 0 Å². The number of benzene rings is 3. The van der Waals surface area contributed by atoms with Crippen molar-refractivity contribution in [2.24, 2.45) is 0 Å².